The lowest BCUT2D eigenvalue weighted by Gasteiger charge is -2.04. The topological polar surface area (TPSA) is 57.9 Å². The summed E-state index contributed by atoms with van der Waals surface area (Å²) < 4.78 is 24.8. The highest BCUT2D eigenvalue weighted by atomic mass is 35.5. The molecule has 0 saturated carbocycles. The van der Waals surface area contributed by atoms with Crippen LogP contribution in [0, 0.1) is 11.3 Å². The third kappa shape index (κ3) is 3.45. The fourth-order valence-electron chi connectivity index (χ4n) is 1.64. The molecule has 2 rings (SSSR count). The Morgan fingerprint density at radius 1 is 1.05 bits per heavy atom. The van der Waals surface area contributed by atoms with Gasteiger partial charge in [0.1, 0.15) is 11.0 Å². The van der Waals surface area contributed by atoms with Crippen molar-refractivity contribution in [3.8, 4) is 6.07 Å². The van der Waals surface area contributed by atoms with Gasteiger partial charge in [0.2, 0.25) is 9.84 Å². The molecule has 0 N–H and O–H groups in total. The zero-order chi connectivity index (χ0) is 15.5. The first-order valence-corrected chi connectivity index (χ1v) is 8.06. The lowest BCUT2D eigenvalue weighted by molar-refractivity contribution is 0.603. The SMILES string of the molecule is N#C/C(=C\c1ccccc1Cl)S(=O)(=O)c1ccc(Cl)cc1. The first-order valence-electron chi connectivity index (χ1n) is 5.82. The Balaban J connectivity index is 2.53. The molecule has 0 aliphatic carbocycles. The molecular weight excluding hydrogens is 329 g/mol. The number of hydrogen-bond donors (Lipinski definition) is 0. The van der Waals surface area contributed by atoms with Crippen LogP contribution in [0.15, 0.2) is 58.3 Å². The molecule has 2 aromatic carbocycles. The van der Waals surface area contributed by atoms with Gasteiger partial charge in [-0.3, -0.25) is 0 Å². The van der Waals surface area contributed by atoms with Crippen molar-refractivity contribution in [1.82, 2.24) is 0 Å². The molecule has 0 aliphatic heterocycles. The number of halogens is 2. The minimum Gasteiger partial charge on any atom is -0.218 e. The van der Waals surface area contributed by atoms with E-state index in [0.717, 1.165) is 0 Å². The van der Waals surface area contributed by atoms with Crippen molar-refractivity contribution in [1.29, 1.82) is 5.26 Å². The van der Waals surface area contributed by atoms with Crippen LogP contribution in [0.4, 0.5) is 0 Å². The highest BCUT2D eigenvalue weighted by molar-refractivity contribution is 7.95. The summed E-state index contributed by atoms with van der Waals surface area (Å²) in [4.78, 5) is -0.371. The highest BCUT2D eigenvalue weighted by Gasteiger charge is 2.21. The van der Waals surface area contributed by atoms with Gasteiger partial charge >= 0.3 is 0 Å². The third-order valence-corrected chi connectivity index (χ3v) is 4.99. The Kier molecular flexibility index (Phi) is 4.69. The van der Waals surface area contributed by atoms with Crippen LogP contribution >= 0.6 is 23.2 Å². The second-order valence-corrected chi connectivity index (χ2v) is 6.86. The Hall–Kier alpha value is -1.80. The fraction of sp³-hybridized carbons (Fsp3) is 0. The van der Waals surface area contributed by atoms with Crippen LogP contribution in [0.2, 0.25) is 10.0 Å². The van der Waals surface area contributed by atoms with E-state index in [9.17, 15) is 8.42 Å². The van der Waals surface area contributed by atoms with Crippen LogP contribution in [-0.2, 0) is 9.84 Å². The van der Waals surface area contributed by atoms with Crippen molar-refractivity contribution in [2.75, 3.05) is 0 Å². The van der Waals surface area contributed by atoms with E-state index in [1.54, 1.807) is 30.3 Å². The van der Waals surface area contributed by atoms with E-state index in [-0.39, 0.29) is 9.80 Å². The number of allylic oxidation sites excluding steroid dienone is 1. The molecule has 0 spiro atoms. The van der Waals surface area contributed by atoms with Gasteiger partial charge in [-0.25, -0.2) is 8.42 Å². The molecule has 0 unspecified atom stereocenters. The summed E-state index contributed by atoms with van der Waals surface area (Å²) in [7, 11) is -3.90. The summed E-state index contributed by atoms with van der Waals surface area (Å²) in [5.41, 5.74) is 0.466. The number of nitriles is 1. The minimum atomic E-state index is -3.90. The van der Waals surface area contributed by atoms with Crippen LogP contribution in [0.25, 0.3) is 6.08 Å². The standard InChI is InChI=1S/C15H9Cl2NO2S/c16-12-5-7-13(8-6-12)21(19,20)14(10-18)9-11-3-1-2-4-15(11)17/h1-9H/b14-9+. The van der Waals surface area contributed by atoms with Crippen LogP contribution in [0.5, 0.6) is 0 Å². The quantitative estimate of drug-likeness (QED) is 0.783. The molecule has 3 nitrogen and oxygen atoms in total. The second-order valence-electron chi connectivity index (χ2n) is 4.10. The molecular formula is C15H9Cl2NO2S. The molecule has 0 radical (unpaired) electrons. The molecule has 6 heteroatoms. The summed E-state index contributed by atoms with van der Waals surface area (Å²) in [6, 6.07) is 14.0. The van der Waals surface area contributed by atoms with Gasteiger partial charge in [-0.15, -0.1) is 0 Å². The van der Waals surface area contributed by atoms with E-state index in [2.05, 4.69) is 0 Å². The lowest BCUT2D eigenvalue weighted by Crippen LogP contribution is -2.03. The van der Waals surface area contributed by atoms with Gasteiger partial charge < -0.3 is 0 Å². The van der Waals surface area contributed by atoms with E-state index >= 15 is 0 Å². The summed E-state index contributed by atoms with van der Waals surface area (Å²) in [6.07, 6.45) is 1.26. The van der Waals surface area contributed by atoms with Crippen molar-refractivity contribution < 1.29 is 8.42 Å². The normalized spacial score (nSPS) is 12.0. The predicted molar refractivity (Wildman–Crippen MR) is 83.7 cm³/mol. The number of rotatable bonds is 3. The van der Waals surface area contributed by atoms with Crippen molar-refractivity contribution in [3.05, 3.63) is 69.0 Å². The average molecular weight is 338 g/mol. The summed E-state index contributed by atoms with van der Waals surface area (Å²) in [5, 5.41) is 9.95. The number of hydrogen-bond acceptors (Lipinski definition) is 3. The Labute approximate surface area is 133 Å². The molecule has 21 heavy (non-hydrogen) atoms. The summed E-state index contributed by atoms with van der Waals surface area (Å²) in [6.45, 7) is 0. The maximum absolute atomic E-state index is 12.4. The van der Waals surface area contributed by atoms with E-state index < -0.39 is 9.84 Å². The molecule has 0 amide bonds. The predicted octanol–water partition coefficient (Wildman–Crippen LogP) is 4.33. The number of sulfone groups is 1. The van der Waals surface area contributed by atoms with Gasteiger partial charge in [0, 0.05) is 10.0 Å². The second kappa shape index (κ2) is 6.31. The van der Waals surface area contributed by atoms with Crippen molar-refractivity contribution in [2.24, 2.45) is 0 Å². The molecule has 0 aromatic heterocycles. The van der Waals surface area contributed by atoms with Crippen LogP contribution in [0.3, 0.4) is 0 Å². The maximum atomic E-state index is 12.4. The van der Waals surface area contributed by atoms with E-state index in [1.807, 2.05) is 0 Å². The largest absolute Gasteiger partial charge is 0.218 e. The monoisotopic (exact) mass is 337 g/mol. The van der Waals surface area contributed by atoms with E-state index in [1.165, 1.54) is 30.3 Å². The van der Waals surface area contributed by atoms with Crippen LogP contribution in [0.1, 0.15) is 5.56 Å². The number of benzene rings is 2. The van der Waals surface area contributed by atoms with Crippen molar-refractivity contribution in [2.45, 2.75) is 4.90 Å². The minimum absolute atomic E-state index is 0.00625. The Bertz CT molecular complexity index is 835. The maximum Gasteiger partial charge on any atom is 0.216 e. The third-order valence-electron chi connectivity index (χ3n) is 2.72. The van der Waals surface area contributed by atoms with Crippen molar-refractivity contribution in [3.63, 3.8) is 0 Å². The van der Waals surface area contributed by atoms with Gasteiger partial charge in [0.25, 0.3) is 0 Å². The molecule has 0 saturated heterocycles. The highest BCUT2D eigenvalue weighted by Crippen LogP contribution is 2.25. The lowest BCUT2D eigenvalue weighted by atomic mass is 10.2. The molecule has 0 fully saturated rings. The van der Waals surface area contributed by atoms with Gasteiger partial charge in [-0.2, -0.15) is 5.26 Å². The van der Waals surface area contributed by atoms with Gasteiger partial charge in [-0.05, 0) is 42.0 Å². The first-order chi connectivity index (χ1) is 9.95. The first kappa shape index (κ1) is 15.6. The zero-order valence-corrected chi connectivity index (χ0v) is 13.0. The zero-order valence-electron chi connectivity index (χ0n) is 10.6. The van der Waals surface area contributed by atoms with E-state index in [4.69, 9.17) is 28.5 Å². The Morgan fingerprint density at radius 2 is 1.67 bits per heavy atom. The Morgan fingerprint density at radius 3 is 2.24 bits per heavy atom. The van der Waals surface area contributed by atoms with Gasteiger partial charge in [0.05, 0.1) is 4.90 Å². The fourth-order valence-corrected chi connectivity index (χ4v) is 3.11. The van der Waals surface area contributed by atoms with Gasteiger partial charge in [-0.1, -0.05) is 41.4 Å². The molecule has 0 atom stereocenters. The molecule has 2 aromatic rings. The molecule has 0 bridgehead atoms. The van der Waals surface area contributed by atoms with Crippen LogP contribution in [-0.4, -0.2) is 8.42 Å². The summed E-state index contributed by atoms with van der Waals surface area (Å²) in [5.74, 6) is 0. The van der Waals surface area contributed by atoms with Crippen LogP contribution < -0.4 is 0 Å². The average Bonchev–Trinajstić information content (AvgIpc) is 2.46. The molecule has 0 aliphatic rings. The molecule has 106 valence electrons. The summed E-state index contributed by atoms with van der Waals surface area (Å²) >= 11 is 11.7. The van der Waals surface area contributed by atoms with Gasteiger partial charge in [0.15, 0.2) is 0 Å². The molecule has 0 heterocycles. The van der Waals surface area contributed by atoms with Crippen molar-refractivity contribution >= 4 is 39.1 Å². The number of nitrogens with zero attached hydrogens (tertiary/aromatic N) is 1. The smallest absolute Gasteiger partial charge is 0.216 e. The van der Waals surface area contributed by atoms with E-state index in [0.29, 0.717) is 15.6 Å².